The minimum absolute atomic E-state index is 0.313. The van der Waals surface area contributed by atoms with Gasteiger partial charge in [0.1, 0.15) is 0 Å². The van der Waals surface area contributed by atoms with E-state index in [0.29, 0.717) is 23.9 Å². The Morgan fingerprint density at radius 1 is 1.52 bits per heavy atom. The van der Waals surface area contributed by atoms with Gasteiger partial charge in [0.25, 0.3) is 0 Å². The van der Waals surface area contributed by atoms with Crippen LogP contribution in [0.15, 0.2) is 18.2 Å². The fraction of sp³-hybridized carbons (Fsp3) is 0.562. The minimum Gasteiger partial charge on any atom is -0.462 e. The Hall–Kier alpha value is -1.75. The van der Waals surface area contributed by atoms with Crippen LogP contribution in [0.1, 0.15) is 30.1 Å². The van der Waals surface area contributed by atoms with Crippen LogP contribution >= 0.6 is 0 Å². The van der Waals surface area contributed by atoms with Crippen LogP contribution in [0, 0.1) is 0 Å². The van der Waals surface area contributed by atoms with Crippen molar-refractivity contribution in [3.8, 4) is 0 Å². The van der Waals surface area contributed by atoms with Gasteiger partial charge in [-0.1, -0.05) is 0 Å². The van der Waals surface area contributed by atoms with Gasteiger partial charge in [-0.25, -0.2) is 4.79 Å². The normalized spacial score (nSPS) is 18.7. The molecule has 5 nitrogen and oxygen atoms in total. The molecule has 116 valence electrons. The Morgan fingerprint density at radius 3 is 2.90 bits per heavy atom. The van der Waals surface area contributed by atoms with Gasteiger partial charge in [-0.15, -0.1) is 0 Å². The SMILES string of the molecule is CCOC(=O)c1cc(N)ccc1N(C)CC1CCCN1C. The Morgan fingerprint density at radius 2 is 2.29 bits per heavy atom. The monoisotopic (exact) mass is 291 g/mol. The smallest absolute Gasteiger partial charge is 0.340 e. The van der Waals surface area contributed by atoms with Crippen molar-refractivity contribution in [3.63, 3.8) is 0 Å². The molecule has 1 atom stereocenters. The van der Waals surface area contributed by atoms with Gasteiger partial charge in [-0.2, -0.15) is 0 Å². The molecule has 5 heteroatoms. The number of benzene rings is 1. The summed E-state index contributed by atoms with van der Waals surface area (Å²) in [4.78, 5) is 16.6. The van der Waals surface area contributed by atoms with Crippen molar-refractivity contribution < 1.29 is 9.53 Å². The van der Waals surface area contributed by atoms with Crippen LogP contribution in [0.2, 0.25) is 0 Å². The summed E-state index contributed by atoms with van der Waals surface area (Å²) in [6, 6.07) is 5.95. The van der Waals surface area contributed by atoms with E-state index in [9.17, 15) is 4.79 Å². The predicted molar refractivity (Wildman–Crippen MR) is 85.7 cm³/mol. The second-order valence-corrected chi connectivity index (χ2v) is 5.65. The number of carbonyl (C=O) groups is 1. The number of likely N-dealkylation sites (tertiary alicyclic amines) is 1. The highest BCUT2D eigenvalue weighted by Gasteiger charge is 2.24. The summed E-state index contributed by atoms with van der Waals surface area (Å²) in [5.41, 5.74) is 7.81. The lowest BCUT2D eigenvalue weighted by Gasteiger charge is -2.28. The number of carbonyl (C=O) groups excluding carboxylic acids is 1. The molecule has 1 saturated heterocycles. The second kappa shape index (κ2) is 6.80. The van der Waals surface area contributed by atoms with E-state index >= 15 is 0 Å². The number of nitrogen functional groups attached to an aromatic ring is 1. The van der Waals surface area contributed by atoms with Crippen molar-refractivity contribution in [2.45, 2.75) is 25.8 Å². The van der Waals surface area contributed by atoms with Crippen LogP contribution < -0.4 is 10.6 Å². The Kier molecular flexibility index (Phi) is 5.07. The number of hydrogen-bond acceptors (Lipinski definition) is 5. The lowest BCUT2D eigenvalue weighted by molar-refractivity contribution is 0.0527. The molecule has 0 saturated carbocycles. The molecular weight excluding hydrogens is 266 g/mol. The second-order valence-electron chi connectivity index (χ2n) is 5.65. The summed E-state index contributed by atoms with van der Waals surface area (Å²) in [5, 5.41) is 0. The van der Waals surface area contributed by atoms with Crippen molar-refractivity contribution in [2.75, 3.05) is 44.4 Å². The van der Waals surface area contributed by atoms with E-state index in [1.54, 1.807) is 13.0 Å². The number of nitrogens with two attached hydrogens (primary N) is 1. The minimum atomic E-state index is -0.313. The Bertz CT molecular complexity index is 504. The maximum absolute atomic E-state index is 12.1. The van der Waals surface area contributed by atoms with E-state index in [-0.39, 0.29) is 5.97 Å². The zero-order chi connectivity index (χ0) is 15.4. The number of likely N-dealkylation sites (N-methyl/N-ethyl adjacent to an activating group) is 2. The third-order valence-electron chi connectivity index (χ3n) is 4.08. The van der Waals surface area contributed by atoms with Gasteiger partial charge < -0.3 is 20.3 Å². The first-order valence-corrected chi connectivity index (χ1v) is 7.51. The first kappa shape index (κ1) is 15.6. The Labute approximate surface area is 126 Å². The summed E-state index contributed by atoms with van der Waals surface area (Å²) >= 11 is 0. The number of anilines is 2. The molecule has 1 fully saturated rings. The number of nitrogens with zero attached hydrogens (tertiary/aromatic N) is 2. The summed E-state index contributed by atoms with van der Waals surface area (Å²) in [6.07, 6.45) is 2.44. The van der Waals surface area contributed by atoms with Crippen LogP contribution in [-0.4, -0.2) is 50.7 Å². The zero-order valence-electron chi connectivity index (χ0n) is 13.1. The summed E-state index contributed by atoms with van der Waals surface area (Å²) < 4.78 is 5.13. The van der Waals surface area contributed by atoms with Crippen LogP contribution in [0.25, 0.3) is 0 Å². The third-order valence-corrected chi connectivity index (χ3v) is 4.08. The molecule has 1 aliphatic heterocycles. The molecule has 1 aromatic carbocycles. The average molecular weight is 291 g/mol. The van der Waals surface area contributed by atoms with Crippen molar-refractivity contribution >= 4 is 17.3 Å². The van der Waals surface area contributed by atoms with Gasteiger partial charge in [-0.05, 0) is 51.6 Å². The average Bonchev–Trinajstić information content (AvgIpc) is 2.84. The zero-order valence-corrected chi connectivity index (χ0v) is 13.1. The Balaban J connectivity index is 2.19. The molecule has 0 radical (unpaired) electrons. The summed E-state index contributed by atoms with van der Waals surface area (Å²) in [5.74, 6) is -0.313. The largest absolute Gasteiger partial charge is 0.462 e. The fourth-order valence-corrected chi connectivity index (χ4v) is 2.88. The van der Waals surface area contributed by atoms with E-state index in [0.717, 1.165) is 18.8 Å². The summed E-state index contributed by atoms with van der Waals surface area (Å²) in [7, 11) is 4.17. The molecule has 0 aliphatic carbocycles. The van der Waals surface area contributed by atoms with E-state index in [4.69, 9.17) is 10.5 Å². The lowest BCUT2D eigenvalue weighted by Crippen LogP contribution is -2.37. The molecule has 1 aromatic rings. The fourth-order valence-electron chi connectivity index (χ4n) is 2.88. The molecule has 1 heterocycles. The van der Waals surface area contributed by atoms with Gasteiger partial charge in [0, 0.05) is 25.3 Å². The third kappa shape index (κ3) is 3.67. The van der Waals surface area contributed by atoms with Gasteiger partial charge in [-0.3, -0.25) is 0 Å². The molecule has 0 amide bonds. The number of hydrogen-bond donors (Lipinski definition) is 1. The lowest BCUT2D eigenvalue weighted by atomic mass is 10.1. The standard InChI is InChI=1S/C16H25N3O2/c1-4-21-16(20)14-10-12(17)7-8-15(14)19(3)11-13-6-5-9-18(13)2/h7-8,10,13H,4-6,9,11,17H2,1-3H3. The molecule has 0 bridgehead atoms. The first-order chi connectivity index (χ1) is 10.0. The van der Waals surface area contributed by atoms with Crippen LogP contribution in [0.5, 0.6) is 0 Å². The van der Waals surface area contributed by atoms with Gasteiger partial charge in [0.15, 0.2) is 0 Å². The van der Waals surface area contributed by atoms with Gasteiger partial charge in [0.2, 0.25) is 0 Å². The van der Waals surface area contributed by atoms with E-state index < -0.39 is 0 Å². The van der Waals surface area contributed by atoms with Gasteiger partial charge >= 0.3 is 5.97 Å². The number of esters is 1. The molecule has 0 aromatic heterocycles. The van der Waals surface area contributed by atoms with Crippen molar-refractivity contribution in [2.24, 2.45) is 0 Å². The molecule has 2 N–H and O–H groups in total. The highest BCUT2D eigenvalue weighted by Crippen LogP contribution is 2.25. The summed E-state index contributed by atoms with van der Waals surface area (Å²) in [6.45, 7) is 4.21. The molecule has 1 aliphatic rings. The number of rotatable bonds is 5. The highest BCUT2D eigenvalue weighted by molar-refractivity contribution is 5.97. The maximum Gasteiger partial charge on any atom is 0.340 e. The van der Waals surface area contributed by atoms with Crippen molar-refractivity contribution in [1.29, 1.82) is 0 Å². The van der Waals surface area contributed by atoms with Gasteiger partial charge in [0.05, 0.1) is 17.9 Å². The molecule has 2 rings (SSSR count). The quantitative estimate of drug-likeness (QED) is 0.664. The topological polar surface area (TPSA) is 58.8 Å². The van der Waals surface area contributed by atoms with Crippen LogP contribution in [-0.2, 0) is 4.74 Å². The van der Waals surface area contributed by atoms with Crippen molar-refractivity contribution in [3.05, 3.63) is 23.8 Å². The maximum atomic E-state index is 12.1. The molecule has 21 heavy (non-hydrogen) atoms. The predicted octanol–water partition coefficient (Wildman–Crippen LogP) is 1.98. The highest BCUT2D eigenvalue weighted by atomic mass is 16.5. The van der Waals surface area contributed by atoms with Crippen molar-refractivity contribution in [1.82, 2.24) is 4.90 Å². The van der Waals surface area contributed by atoms with E-state index in [2.05, 4.69) is 16.8 Å². The van der Waals surface area contributed by atoms with Crippen LogP contribution in [0.4, 0.5) is 11.4 Å². The van der Waals surface area contributed by atoms with E-state index in [1.807, 2.05) is 19.2 Å². The number of ether oxygens (including phenoxy) is 1. The molecule has 1 unspecified atom stereocenters. The molecule has 0 spiro atoms. The molecular formula is C16H25N3O2. The first-order valence-electron chi connectivity index (χ1n) is 7.51. The van der Waals surface area contributed by atoms with Crippen LogP contribution in [0.3, 0.4) is 0 Å². The van der Waals surface area contributed by atoms with E-state index in [1.165, 1.54) is 12.8 Å².